The summed E-state index contributed by atoms with van der Waals surface area (Å²) in [5.74, 6) is -1.95. The van der Waals surface area contributed by atoms with E-state index in [1.54, 1.807) is 6.07 Å². The molecule has 0 aliphatic carbocycles. The highest BCUT2D eigenvalue weighted by atomic mass is 19.4. The first-order valence-corrected chi connectivity index (χ1v) is 7.08. The maximum atomic E-state index is 12.6. The van der Waals surface area contributed by atoms with Crippen molar-refractivity contribution < 1.29 is 22.8 Å². The Morgan fingerprint density at radius 1 is 1.00 bits per heavy atom. The summed E-state index contributed by atoms with van der Waals surface area (Å²) in [6, 6.07) is 11.4. The van der Waals surface area contributed by atoms with Crippen molar-refractivity contribution in [1.82, 2.24) is 5.32 Å². The zero-order valence-corrected chi connectivity index (χ0v) is 12.8. The van der Waals surface area contributed by atoms with E-state index < -0.39 is 23.6 Å². The first kappa shape index (κ1) is 17.5. The van der Waals surface area contributed by atoms with Crippen LogP contribution in [0, 0.1) is 6.92 Å². The standard InChI is InChI=1S/C17H15F3N2O2/c1-11-4-2-5-12(8-11)10-21-15(23)16(24)22-14-7-3-6-13(9-14)17(18,19)20/h2-9H,10H2,1H3,(H,21,23)(H,22,24). The lowest BCUT2D eigenvalue weighted by molar-refractivity contribution is -0.137. The van der Waals surface area contributed by atoms with E-state index in [1.807, 2.05) is 25.1 Å². The number of nitrogens with one attached hydrogen (secondary N) is 2. The van der Waals surface area contributed by atoms with Crippen molar-refractivity contribution in [2.24, 2.45) is 0 Å². The number of carbonyl (C=O) groups excluding carboxylic acids is 2. The monoisotopic (exact) mass is 336 g/mol. The lowest BCUT2D eigenvalue weighted by atomic mass is 10.1. The fourth-order valence-corrected chi connectivity index (χ4v) is 2.05. The van der Waals surface area contributed by atoms with Gasteiger partial charge in [0.2, 0.25) is 0 Å². The molecule has 2 amide bonds. The van der Waals surface area contributed by atoms with Crippen molar-refractivity contribution in [3.63, 3.8) is 0 Å². The first-order valence-electron chi connectivity index (χ1n) is 7.08. The third-order valence-corrected chi connectivity index (χ3v) is 3.19. The van der Waals surface area contributed by atoms with Crippen LogP contribution in [0.3, 0.4) is 0 Å². The van der Waals surface area contributed by atoms with Crippen LogP contribution in [0.4, 0.5) is 18.9 Å². The Bertz CT molecular complexity index is 757. The minimum Gasteiger partial charge on any atom is -0.344 e. The Labute approximate surface area is 136 Å². The molecule has 24 heavy (non-hydrogen) atoms. The summed E-state index contributed by atoms with van der Waals surface area (Å²) in [7, 11) is 0. The zero-order chi connectivity index (χ0) is 17.7. The van der Waals surface area contributed by atoms with Crippen molar-refractivity contribution in [2.45, 2.75) is 19.6 Å². The van der Waals surface area contributed by atoms with Crippen LogP contribution >= 0.6 is 0 Å². The summed E-state index contributed by atoms with van der Waals surface area (Å²) in [5, 5.41) is 4.57. The molecule has 126 valence electrons. The number of alkyl halides is 3. The second-order valence-electron chi connectivity index (χ2n) is 5.20. The van der Waals surface area contributed by atoms with E-state index >= 15 is 0 Å². The molecule has 0 aliphatic rings. The van der Waals surface area contributed by atoms with Crippen LogP contribution in [-0.4, -0.2) is 11.8 Å². The van der Waals surface area contributed by atoms with Crippen molar-refractivity contribution in [2.75, 3.05) is 5.32 Å². The molecule has 0 heterocycles. The highest BCUT2D eigenvalue weighted by Gasteiger charge is 2.30. The average Bonchev–Trinajstić information content (AvgIpc) is 2.52. The van der Waals surface area contributed by atoms with Gasteiger partial charge in [-0.05, 0) is 30.7 Å². The third-order valence-electron chi connectivity index (χ3n) is 3.19. The fraction of sp³-hybridized carbons (Fsp3) is 0.176. The molecule has 0 spiro atoms. The summed E-state index contributed by atoms with van der Waals surface area (Å²) in [6.45, 7) is 2.04. The molecule has 0 fully saturated rings. The lowest BCUT2D eigenvalue weighted by Gasteiger charge is -2.10. The molecule has 2 aromatic carbocycles. The van der Waals surface area contributed by atoms with E-state index in [4.69, 9.17) is 0 Å². The molecule has 0 unspecified atom stereocenters. The summed E-state index contributed by atoms with van der Waals surface area (Å²) < 4.78 is 37.8. The summed E-state index contributed by atoms with van der Waals surface area (Å²) >= 11 is 0. The first-order chi connectivity index (χ1) is 11.3. The van der Waals surface area contributed by atoms with Gasteiger partial charge >= 0.3 is 18.0 Å². The van der Waals surface area contributed by atoms with E-state index in [9.17, 15) is 22.8 Å². The Morgan fingerprint density at radius 2 is 1.71 bits per heavy atom. The van der Waals surface area contributed by atoms with E-state index in [2.05, 4.69) is 10.6 Å². The molecule has 2 rings (SSSR count). The highest BCUT2D eigenvalue weighted by Crippen LogP contribution is 2.30. The van der Waals surface area contributed by atoms with Gasteiger partial charge in [0.15, 0.2) is 0 Å². The topological polar surface area (TPSA) is 58.2 Å². The van der Waals surface area contributed by atoms with Crippen molar-refractivity contribution in [3.8, 4) is 0 Å². The number of anilines is 1. The van der Waals surface area contributed by atoms with E-state index in [0.717, 1.165) is 29.3 Å². The van der Waals surface area contributed by atoms with Gasteiger partial charge in [-0.15, -0.1) is 0 Å². The molecular weight excluding hydrogens is 321 g/mol. The lowest BCUT2D eigenvalue weighted by Crippen LogP contribution is -2.35. The zero-order valence-electron chi connectivity index (χ0n) is 12.8. The van der Waals surface area contributed by atoms with Crippen LogP contribution in [-0.2, 0) is 22.3 Å². The molecule has 0 aromatic heterocycles. The van der Waals surface area contributed by atoms with Crippen molar-refractivity contribution in [1.29, 1.82) is 0 Å². The van der Waals surface area contributed by atoms with Crippen molar-refractivity contribution in [3.05, 3.63) is 65.2 Å². The number of hydrogen-bond acceptors (Lipinski definition) is 2. The molecule has 0 atom stereocenters. The van der Waals surface area contributed by atoms with Gasteiger partial charge in [0.05, 0.1) is 5.56 Å². The molecule has 0 bridgehead atoms. The number of amides is 2. The number of carbonyl (C=O) groups is 2. The molecule has 2 N–H and O–H groups in total. The summed E-state index contributed by atoms with van der Waals surface area (Å²) in [5.41, 5.74) is 0.825. The number of benzene rings is 2. The van der Waals surface area contributed by atoms with Crippen LogP contribution in [0.5, 0.6) is 0 Å². The van der Waals surface area contributed by atoms with Crippen LogP contribution in [0.1, 0.15) is 16.7 Å². The maximum Gasteiger partial charge on any atom is 0.416 e. The van der Waals surface area contributed by atoms with Gasteiger partial charge in [-0.1, -0.05) is 35.9 Å². The summed E-state index contributed by atoms with van der Waals surface area (Å²) in [4.78, 5) is 23.5. The predicted octanol–water partition coefficient (Wildman–Crippen LogP) is 3.27. The van der Waals surface area contributed by atoms with E-state index in [0.29, 0.717) is 0 Å². The van der Waals surface area contributed by atoms with E-state index in [-0.39, 0.29) is 12.2 Å². The molecule has 2 aromatic rings. The van der Waals surface area contributed by atoms with Gasteiger partial charge in [0.1, 0.15) is 0 Å². The third kappa shape index (κ3) is 4.84. The number of aryl methyl sites for hydroxylation is 1. The second kappa shape index (κ2) is 7.16. The number of hydrogen-bond donors (Lipinski definition) is 2. The number of halogens is 3. The van der Waals surface area contributed by atoms with Gasteiger partial charge in [0, 0.05) is 12.2 Å². The minimum atomic E-state index is -4.52. The van der Waals surface area contributed by atoms with Crippen LogP contribution in [0.15, 0.2) is 48.5 Å². The van der Waals surface area contributed by atoms with Gasteiger partial charge < -0.3 is 10.6 Å². The number of rotatable bonds is 3. The smallest absolute Gasteiger partial charge is 0.344 e. The fourth-order valence-electron chi connectivity index (χ4n) is 2.05. The molecular formula is C17H15F3N2O2. The Morgan fingerprint density at radius 3 is 2.38 bits per heavy atom. The molecule has 4 nitrogen and oxygen atoms in total. The molecule has 0 radical (unpaired) electrons. The Hall–Kier alpha value is -2.83. The van der Waals surface area contributed by atoms with Gasteiger partial charge in [-0.25, -0.2) is 0 Å². The molecule has 0 saturated heterocycles. The van der Waals surface area contributed by atoms with Crippen LogP contribution < -0.4 is 10.6 Å². The highest BCUT2D eigenvalue weighted by molar-refractivity contribution is 6.39. The Balaban J connectivity index is 1.95. The largest absolute Gasteiger partial charge is 0.416 e. The molecule has 0 saturated carbocycles. The maximum absolute atomic E-state index is 12.6. The Kier molecular flexibility index (Phi) is 5.23. The van der Waals surface area contributed by atoms with Crippen molar-refractivity contribution >= 4 is 17.5 Å². The van der Waals surface area contributed by atoms with Gasteiger partial charge in [0.25, 0.3) is 0 Å². The van der Waals surface area contributed by atoms with Gasteiger partial charge in [-0.2, -0.15) is 13.2 Å². The minimum absolute atomic E-state index is 0.0967. The molecule has 0 aliphatic heterocycles. The average molecular weight is 336 g/mol. The SMILES string of the molecule is Cc1cccc(CNC(=O)C(=O)Nc2cccc(C(F)(F)F)c2)c1. The quantitative estimate of drug-likeness (QED) is 0.845. The second-order valence-corrected chi connectivity index (χ2v) is 5.20. The van der Waals surface area contributed by atoms with E-state index in [1.165, 1.54) is 6.07 Å². The molecule has 7 heteroatoms. The summed E-state index contributed by atoms with van der Waals surface area (Å²) in [6.07, 6.45) is -4.52. The van der Waals surface area contributed by atoms with Crippen LogP contribution in [0.25, 0.3) is 0 Å². The predicted molar refractivity (Wildman–Crippen MR) is 83.1 cm³/mol. The van der Waals surface area contributed by atoms with Gasteiger partial charge in [-0.3, -0.25) is 9.59 Å². The normalized spacial score (nSPS) is 11.0. The van der Waals surface area contributed by atoms with Crippen LogP contribution in [0.2, 0.25) is 0 Å².